The number of carbonyl (C=O) groups is 1. The lowest BCUT2D eigenvalue weighted by Crippen LogP contribution is -2.41. The molecule has 1 aromatic rings. The molecular formula is C16H23BBrNO4. The van der Waals surface area contributed by atoms with E-state index >= 15 is 0 Å². The van der Waals surface area contributed by atoms with Crippen LogP contribution >= 0.6 is 15.9 Å². The van der Waals surface area contributed by atoms with Gasteiger partial charge in [0.15, 0.2) is 0 Å². The number of nitrogens with zero attached hydrogens (tertiary/aromatic N) is 1. The molecule has 1 atom stereocenters. The molecule has 0 aromatic carbocycles. The van der Waals surface area contributed by atoms with Crippen molar-refractivity contribution in [3.05, 3.63) is 28.5 Å². The van der Waals surface area contributed by atoms with Crippen molar-refractivity contribution in [2.24, 2.45) is 0 Å². The number of aromatic nitrogens is 1. The monoisotopic (exact) mass is 383 g/mol. The second-order valence-electron chi connectivity index (χ2n) is 6.62. The summed E-state index contributed by atoms with van der Waals surface area (Å²) in [7, 11) is -0.537. The first-order valence-corrected chi connectivity index (χ1v) is 8.59. The minimum atomic E-state index is -0.537. The molecule has 0 spiro atoms. The Bertz CT molecular complexity index is 563. The maximum Gasteiger partial charge on any atom is 0.466 e. The van der Waals surface area contributed by atoms with Crippen molar-refractivity contribution in [2.75, 3.05) is 6.61 Å². The summed E-state index contributed by atoms with van der Waals surface area (Å²) in [5.41, 5.74) is -0.0440. The van der Waals surface area contributed by atoms with E-state index in [0.29, 0.717) is 11.2 Å². The summed E-state index contributed by atoms with van der Waals surface area (Å²) < 4.78 is 18.1. The lowest BCUT2D eigenvalue weighted by atomic mass is 9.66. The second-order valence-corrected chi connectivity index (χ2v) is 7.37. The van der Waals surface area contributed by atoms with Crippen LogP contribution in [0, 0.1) is 0 Å². The van der Waals surface area contributed by atoms with Crippen molar-refractivity contribution in [3.63, 3.8) is 0 Å². The Balaban J connectivity index is 2.32. The van der Waals surface area contributed by atoms with E-state index in [4.69, 9.17) is 14.0 Å². The molecule has 0 saturated carbocycles. The molecule has 0 amide bonds. The number of pyridine rings is 1. The highest BCUT2D eigenvalue weighted by molar-refractivity contribution is 9.10. The predicted octanol–water partition coefficient (Wildman–Crippen LogP) is 3.51. The van der Waals surface area contributed by atoms with E-state index in [-0.39, 0.29) is 18.2 Å². The SMILES string of the molecule is CCOC(=O)CC(B1OC(C)(C)C(C)(C)O1)c1cccnc1Br. The van der Waals surface area contributed by atoms with Crippen LogP contribution in [0.4, 0.5) is 0 Å². The fourth-order valence-corrected chi connectivity index (χ4v) is 3.02. The van der Waals surface area contributed by atoms with Crippen LogP contribution in [0.3, 0.4) is 0 Å². The molecule has 0 radical (unpaired) electrons. The van der Waals surface area contributed by atoms with Crippen molar-refractivity contribution in [2.45, 2.75) is 58.1 Å². The molecule has 1 aromatic heterocycles. The van der Waals surface area contributed by atoms with Crippen LogP contribution in [0.25, 0.3) is 0 Å². The Morgan fingerprint density at radius 2 is 1.96 bits per heavy atom. The molecule has 0 aliphatic carbocycles. The summed E-state index contributed by atoms with van der Waals surface area (Å²) in [5, 5.41) is 0. The number of ether oxygens (including phenoxy) is 1. The molecule has 5 nitrogen and oxygen atoms in total. The van der Waals surface area contributed by atoms with Crippen LogP contribution in [0.2, 0.25) is 0 Å². The zero-order valence-electron chi connectivity index (χ0n) is 14.3. The van der Waals surface area contributed by atoms with Gasteiger partial charge in [0.05, 0.1) is 24.2 Å². The lowest BCUT2D eigenvalue weighted by Gasteiger charge is -2.32. The molecule has 1 saturated heterocycles. The Hall–Kier alpha value is -0.915. The minimum Gasteiger partial charge on any atom is -0.466 e. The van der Waals surface area contributed by atoms with Crippen LogP contribution < -0.4 is 0 Å². The predicted molar refractivity (Wildman–Crippen MR) is 92.0 cm³/mol. The van der Waals surface area contributed by atoms with Gasteiger partial charge in [-0.3, -0.25) is 4.79 Å². The molecule has 126 valence electrons. The Morgan fingerprint density at radius 3 is 2.48 bits per heavy atom. The van der Waals surface area contributed by atoms with E-state index < -0.39 is 18.3 Å². The lowest BCUT2D eigenvalue weighted by molar-refractivity contribution is -0.143. The Labute approximate surface area is 146 Å². The number of esters is 1. The molecule has 0 N–H and O–H groups in total. The fourth-order valence-electron chi connectivity index (χ4n) is 2.48. The summed E-state index contributed by atoms with van der Waals surface area (Å²) in [4.78, 5) is 16.3. The Kier molecular flexibility index (Phi) is 5.54. The molecular weight excluding hydrogens is 361 g/mol. The average molecular weight is 384 g/mol. The highest BCUT2D eigenvalue weighted by Crippen LogP contribution is 2.42. The van der Waals surface area contributed by atoms with Crippen molar-refractivity contribution < 1.29 is 18.8 Å². The summed E-state index contributed by atoms with van der Waals surface area (Å²) in [6.07, 6.45) is 1.87. The molecule has 1 aliphatic rings. The molecule has 1 unspecified atom stereocenters. The molecule has 2 heterocycles. The first-order chi connectivity index (χ1) is 10.7. The van der Waals surface area contributed by atoms with Crippen LogP contribution in [0.5, 0.6) is 0 Å². The van der Waals surface area contributed by atoms with Gasteiger partial charge in [-0.2, -0.15) is 0 Å². The number of hydrogen-bond acceptors (Lipinski definition) is 5. The first kappa shape index (κ1) is 18.4. The molecule has 0 bridgehead atoms. The topological polar surface area (TPSA) is 57.7 Å². The van der Waals surface area contributed by atoms with Crippen LogP contribution in [0.15, 0.2) is 22.9 Å². The maximum absolute atomic E-state index is 12.0. The van der Waals surface area contributed by atoms with E-state index in [1.165, 1.54) is 0 Å². The number of carbonyl (C=O) groups excluding carboxylic acids is 1. The molecule has 1 aliphatic heterocycles. The van der Waals surface area contributed by atoms with Gasteiger partial charge < -0.3 is 14.0 Å². The minimum absolute atomic E-state index is 0.176. The largest absolute Gasteiger partial charge is 0.466 e. The average Bonchev–Trinajstić information content (AvgIpc) is 2.66. The van der Waals surface area contributed by atoms with Gasteiger partial charge in [0.25, 0.3) is 0 Å². The second kappa shape index (κ2) is 6.91. The van der Waals surface area contributed by atoms with E-state index in [9.17, 15) is 4.79 Å². The van der Waals surface area contributed by atoms with Gasteiger partial charge in [-0.15, -0.1) is 0 Å². The quantitative estimate of drug-likeness (QED) is 0.442. The summed E-state index contributed by atoms with van der Waals surface area (Å²) in [6, 6.07) is 3.76. The molecule has 2 rings (SSSR count). The van der Waals surface area contributed by atoms with Gasteiger partial charge in [-0.25, -0.2) is 4.98 Å². The number of hydrogen-bond donors (Lipinski definition) is 0. The highest BCUT2D eigenvalue weighted by Gasteiger charge is 2.54. The number of halogens is 1. The maximum atomic E-state index is 12.0. The highest BCUT2D eigenvalue weighted by atomic mass is 79.9. The normalized spacial score (nSPS) is 20.3. The van der Waals surface area contributed by atoms with Gasteiger partial charge in [0.2, 0.25) is 0 Å². The van der Waals surface area contributed by atoms with Gasteiger partial charge in [0, 0.05) is 12.0 Å². The van der Waals surface area contributed by atoms with Crippen molar-refractivity contribution in [1.29, 1.82) is 0 Å². The zero-order valence-corrected chi connectivity index (χ0v) is 15.8. The van der Waals surface area contributed by atoms with Gasteiger partial charge in [-0.1, -0.05) is 6.07 Å². The summed E-state index contributed by atoms with van der Waals surface area (Å²) >= 11 is 3.46. The fraction of sp³-hybridized carbons (Fsp3) is 0.625. The van der Waals surface area contributed by atoms with Gasteiger partial charge in [0.1, 0.15) is 4.60 Å². The molecule has 23 heavy (non-hydrogen) atoms. The third-order valence-electron chi connectivity index (χ3n) is 4.48. The van der Waals surface area contributed by atoms with E-state index in [1.807, 2.05) is 39.8 Å². The standard InChI is InChI=1S/C16H23BBrNO4/c1-6-21-13(20)10-12(11-8-7-9-19-14(11)18)17-22-15(2,3)16(4,5)23-17/h7-9,12H,6,10H2,1-5H3. The van der Waals surface area contributed by atoms with E-state index in [0.717, 1.165) is 5.56 Å². The number of rotatable bonds is 5. The van der Waals surface area contributed by atoms with E-state index in [1.54, 1.807) is 13.1 Å². The van der Waals surface area contributed by atoms with Gasteiger partial charge in [-0.05, 0) is 62.2 Å². The van der Waals surface area contributed by atoms with Crippen LogP contribution in [-0.2, 0) is 18.8 Å². The first-order valence-electron chi connectivity index (χ1n) is 7.79. The van der Waals surface area contributed by atoms with Crippen LogP contribution in [0.1, 0.15) is 52.4 Å². The Morgan fingerprint density at radius 1 is 1.35 bits per heavy atom. The smallest absolute Gasteiger partial charge is 0.466 e. The van der Waals surface area contributed by atoms with E-state index in [2.05, 4.69) is 20.9 Å². The van der Waals surface area contributed by atoms with Crippen molar-refractivity contribution in [3.8, 4) is 0 Å². The molecule has 7 heteroatoms. The summed E-state index contributed by atoms with van der Waals surface area (Å²) in [6.45, 7) is 10.1. The van der Waals surface area contributed by atoms with Crippen molar-refractivity contribution in [1.82, 2.24) is 4.98 Å². The zero-order chi connectivity index (χ0) is 17.3. The third-order valence-corrected chi connectivity index (χ3v) is 5.14. The van der Waals surface area contributed by atoms with Crippen molar-refractivity contribution >= 4 is 29.0 Å². The summed E-state index contributed by atoms with van der Waals surface area (Å²) in [5.74, 6) is -0.568. The third kappa shape index (κ3) is 3.95. The van der Waals surface area contributed by atoms with Gasteiger partial charge >= 0.3 is 13.1 Å². The molecule has 1 fully saturated rings. The van der Waals surface area contributed by atoms with Crippen LogP contribution in [-0.4, -0.2) is 35.9 Å².